The molecule has 17 heavy (non-hydrogen) atoms. The van der Waals surface area contributed by atoms with Gasteiger partial charge in [-0.3, -0.25) is 4.79 Å². The molecule has 0 aliphatic heterocycles. The minimum atomic E-state index is -0.788. The van der Waals surface area contributed by atoms with Crippen molar-refractivity contribution in [2.75, 3.05) is 7.11 Å². The monoisotopic (exact) mass is 234 g/mol. The Hall–Kier alpha value is -1.61. The fourth-order valence-electron chi connectivity index (χ4n) is 1.68. The highest BCUT2D eigenvalue weighted by molar-refractivity contribution is 5.96. The molecule has 3 nitrogen and oxygen atoms in total. The number of rotatable bonds is 5. The van der Waals surface area contributed by atoms with Crippen molar-refractivity contribution in [3.63, 3.8) is 0 Å². The number of allylic oxidation sites excluding steroid dienone is 1. The van der Waals surface area contributed by atoms with Crippen molar-refractivity contribution in [2.24, 2.45) is 5.92 Å². The van der Waals surface area contributed by atoms with Crippen molar-refractivity contribution in [2.45, 2.75) is 20.0 Å². The average Bonchev–Trinajstić information content (AvgIpc) is 2.37. The van der Waals surface area contributed by atoms with Crippen molar-refractivity contribution >= 4 is 5.78 Å². The van der Waals surface area contributed by atoms with Gasteiger partial charge in [-0.15, -0.1) is 0 Å². The van der Waals surface area contributed by atoms with E-state index in [0.29, 0.717) is 5.57 Å². The summed E-state index contributed by atoms with van der Waals surface area (Å²) >= 11 is 0. The van der Waals surface area contributed by atoms with E-state index in [1.54, 1.807) is 13.8 Å². The highest BCUT2D eigenvalue weighted by Gasteiger charge is 2.24. The van der Waals surface area contributed by atoms with Crippen LogP contribution in [0.15, 0.2) is 42.2 Å². The number of hydrogen-bond donors (Lipinski definition) is 1. The minimum Gasteiger partial charge on any atom is -0.504 e. The van der Waals surface area contributed by atoms with Gasteiger partial charge in [-0.2, -0.15) is 0 Å². The lowest BCUT2D eigenvalue weighted by Crippen LogP contribution is -2.20. The predicted octanol–water partition coefficient (Wildman–Crippen LogP) is 2.48. The molecule has 0 unspecified atom stereocenters. The number of carbonyl (C=O) groups excluding carboxylic acids is 1. The number of aliphatic hydroxyl groups is 1. The van der Waals surface area contributed by atoms with Gasteiger partial charge in [-0.05, 0) is 12.5 Å². The molecule has 0 saturated heterocycles. The van der Waals surface area contributed by atoms with Crippen LogP contribution in [0.5, 0.6) is 0 Å². The molecular formula is C14H18O3. The van der Waals surface area contributed by atoms with Gasteiger partial charge in [-0.1, -0.05) is 37.3 Å². The standard InChI is InChI=1S/C14H18O3/c1-10(9-17-3)13(15)11(2)14(16)12-7-5-4-6-8-12/h4-9,11,14,16H,1-3H3/b10-9+/t11-,14-/m1/s1. The van der Waals surface area contributed by atoms with Crippen LogP contribution in [-0.2, 0) is 9.53 Å². The highest BCUT2D eigenvalue weighted by atomic mass is 16.5. The first-order valence-electron chi connectivity index (χ1n) is 5.54. The maximum absolute atomic E-state index is 11.9. The molecule has 1 aromatic carbocycles. The van der Waals surface area contributed by atoms with E-state index in [0.717, 1.165) is 5.56 Å². The van der Waals surface area contributed by atoms with Crippen molar-refractivity contribution in [3.8, 4) is 0 Å². The molecule has 0 radical (unpaired) electrons. The van der Waals surface area contributed by atoms with Crippen LogP contribution < -0.4 is 0 Å². The summed E-state index contributed by atoms with van der Waals surface area (Å²) in [5.41, 5.74) is 1.26. The summed E-state index contributed by atoms with van der Waals surface area (Å²) in [5.74, 6) is -0.591. The lowest BCUT2D eigenvalue weighted by Gasteiger charge is -2.18. The quantitative estimate of drug-likeness (QED) is 0.629. The van der Waals surface area contributed by atoms with E-state index in [2.05, 4.69) is 0 Å². The van der Waals surface area contributed by atoms with Crippen LogP contribution in [0, 0.1) is 5.92 Å². The summed E-state index contributed by atoms with van der Waals surface area (Å²) in [5, 5.41) is 10.1. The zero-order valence-corrected chi connectivity index (χ0v) is 10.4. The number of ketones is 1. The number of Topliss-reactive ketones (excluding diaryl/α,β-unsaturated/α-hetero) is 1. The number of hydrogen-bond acceptors (Lipinski definition) is 3. The molecule has 0 amide bonds. The number of methoxy groups -OCH3 is 1. The van der Waals surface area contributed by atoms with Gasteiger partial charge in [0.25, 0.3) is 0 Å². The average molecular weight is 234 g/mol. The van der Waals surface area contributed by atoms with Crippen LogP contribution in [0.25, 0.3) is 0 Å². The second kappa shape index (κ2) is 6.21. The van der Waals surface area contributed by atoms with Crippen LogP contribution in [-0.4, -0.2) is 18.0 Å². The summed E-state index contributed by atoms with van der Waals surface area (Å²) in [6.45, 7) is 3.40. The molecule has 0 aliphatic rings. The molecular weight excluding hydrogens is 216 g/mol. The summed E-state index contributed by atoms with van der Waals surface area (Å²) in [6, 6.07) is 9.17. The summed E-state index contributed by atoms with van der Waals surface area (Å²) in [6.07, 6.45) is 0.611. The van der Waals surface area contributed by atoms with Gasteiger partial charge >= 0.3 is 0 Å². The van der Waals surface area contributed by atoms with Gasteiger partial charge < -0.3 is 9.84 Å². The maximum Gasteiger partial charge on any atom is 0.167 e. The van der Waals surface area contributed by atoms with Gasteiger partial charge in [0, 0.05) is 11.5 Å². The Morgan fingerprint density at radius 1 is 1.35 bits per heavy atom. The molecule has 92 valence electrons. The maximum atomic E-state index is 11.9. The predicted molar refractivity (Wildman–Crippen MR) is 66.3 cm³/mol. The van der Waals surface area contributed by atoms with Gasteiger partial charge in [-0.25, -0.2) is 0 Å². The second-order valence-electron chi connectivity index (χ2n) is 4.05. The smallest absolute Gasteiger partial charge is 0.167 e. The summed E-state index contributed by atoms with van der Waals surface area (Å²) in [7, 11) is 1.50. The van der Waals surface area contributed by atoms with Crippen molar-refractivity contribution in [1.29, 1.82) is 0 Å². The van der Waals surface area contributed by atoms with E-state index in [-0.39, 0.29) is 5.78 Å². The van der Waals surface area contributed by atoms with Crippen molar-refractivity contribution < 1.29 is 14.6 Å². The Labute approximate surface area is 102 Å². The molecule has 1 rings (SSSR count). The molecule has 0 heterocycles. The van der Waals surface area contributed by atoms with Gasteiger partial charge in [0.15, 0.2) is 5.78 Å². The SMILES string of the molecule is CO/C=C(\C)C(=O)[C@@H](C)[C@@H](O)c1ccccc1. The zero-order chi connectivity index (χ0) is 12.8. The lowest BCUT2D eigenvalue weighted by molar-refractivity contribution is -0.122. The van der Waals surface area contributed by atoms with Gasteiger partial charge in [0.05, 0.1) is 19.5 Å². The van der Waals surface area contributed by atoms with E-state index >= 15 is 0 Å². The Morgan fingerprint density at radius 3 is 2.47 bits per heavy atom. The zero-order valence-electron chi connectivity index (χ0n) is 10.4. The minimum absolute atomic E-state index is 0.108. The first-order valence-corrected chi connectivity index (χ1v) is 5.54. The molecule has 1 N–H and O–H groups in total. The molecule has 3 heteroatoms. The van der Waals surface area contributed by atoms with Gasteiger partial charge in [0.2, 0.25) is 0 Å². The number of ether oxygens (including phenoxy) is 1. The molecule has 0 fully saturated rings. The molecule has 0 bridgehead atoms. The highest BCUT2D eigenvalue weighted by Crippen LogP contribution is 2.24. The molecule has 0 saturated carbocycles. The number of benzene rings is 1. The van der Waals surface area contributed by atoms with E-state index in [9.17, 15) is 9.90 Å². The third-order valence-corrected chi connectivity index (χ3v) is 2.71. The molecule has 0 aliphatic carbocycles. The Kier molecular flexibility index (Phi) is 4.91. The third-order valence-electron chi connectivity index (χ3n) is 2.71. The Balaban J connectivity index is 2.80. The van der Waals surface area contributed by atoms with Crippen LogP contribution in [0.2, 0.25) is 0 Å². The van der Waals surface area contributed by atoms with Crippen molar-refractivity contribution in [3.05, 3.63) is 47.7 Å². The van der Waals surface area contributed by atoms with Crippen LogP contribution >= 0.6 is 0 Å². The second-order valence-corrected chi connectivity index (χ2v) is 4.05. The van der Waals surface area contributed by atoms with Gasteiger partial charge in [0.1, 0.15) is 0 Å². The normalized spacial score (nSPS) is 15.2. The lowest BCUT2D eigenvalue weighted by atomic mass is 9.91. The van der Waals surface area contributed by atoms with Crippen LogP contribution in [0.3, 0.4) is 0 Å². The fourth-order valence-corrected chi connectivity index (χ4v) is 1.68. The number of carbonyl (C=O) groups is 1. The van der Waals surface area contributed by atoms with E-state index < -0.39 is 12.0 Å². The summed E-state index contributed by atoms with van der Waals surface area (Å²) < 4.78 is 4.80. The van der Waals surface area contributed by atoms with E-state index in [1.807, 2.05) is 30.3 Å². The Morgan fingerprint density at radius 2 is 1.94 bits per heavy atom. The first kappa shape index (κ1) is 13.5. The topological polar surface area (TPSA) is 46.5 Å². The van der Waals surface area contributed by atoms with Crippen LogP contribution in [0.1, 0.15) is 25.5 Å². The van der Waals surface area contributed by atoms with E-state index in [1.165, 1.54) is 13.4 Å². The molecule has 2 atom stereocenters. The third kappa shape index (κ3) is 3.43. The van der Waals surface area contributed by atoms with E-state index in [4.69, 9.17) is 4.74 Å². The first-order chi connectivity index (χ1) is 8.07. The Bertz CT molecular complexity index is 395. The van der Waals surface area contributed by atoms with Crippen LogP contribution in [0.4, 0.5) is 0 Å². The fraction of sp³-hybridized carbons (Fsp3) is 0.357. The van der Waals surface area contributed by atoms with Crippen molar-refractivity contribution in [1.82, 2.24) is 0 Å². The molecule has 0 spiro atoms. The largest absolute Gasteiger partial charge is 0.504 e. The number of aliphatic hydroxyl groups excluding tert-OH is 1. The molecule has 0 aromatic heterocycles. The molecule has 1 aromatic rings. The summed E-state index contributed by atoms with van der Waals surface area (Å²) in [4.78, 5) is 11.9.